The third-order valence-electron chi connectivity index (χ3n) is 3.61. The van der Waals surface area contributed by atoms with Crippen LogP contribution in [0.3, 0.4) is 0 Å². The van der Waals surface area contributed by atoms with Crippen LogP contribution in [0.2, 0.25) is 0 Å². The number of aromatic nitrogens is 2. The predicted molar refractivity (Wildman–Crippen MR) is 87.2 cm³/mol. The van der Waals surface area contributed by atoms with Crippen molar-refractivity contribution in [2.24, 2.45) is 0 Å². The number of hydrogen-bond acceptors (Lipinski definition) is 5. The van der Waals surface area contributed by atoms with Crippen LogP contribution in [-0.2, 0) is 22.6 Å². The number of amides is 2. The zero-order valence-corrected chi connectivity index (χ0v) is 15.0. The highest BCUT2D eigenvalue weighted by molar-refractivity contribution is 9.09. The SMILES string of the molecule is CC(C)(C)OC(=O)N1Cc2cnc(N3CC(Br)CC3=O)nc2C1. The molecule has 1 atom stereocenters. The standard InChI is InChI=1S/C15H19BrN4O3/c1-15(2,3)23-14(22)19-6-9-5-17-13(18-11(9)8-19)20-7-10(16)4-12(20)21/h5,10H,4,6-8H2,1-3H3. The topological polar surface area (TPSA) is 75.6 Å². The lowest BCUT2D eigenvalue weighted by Gasteiger charge is -2.23. The molecular formula is C15H19BrN4O3. The van der Waals surface area contributed by atoms with Gasteiger partial charge in [0.2, 0.25) is 11.9 Å². The van der Waals surface area contributed by atoms with Crippen molar-refractivity contribution in [2.45, 2.75) is 50.7 Å². The van der Waals surface area contributed by atoms with Gasteiger partial charge in [-0.25, -0.2) is 14.8 Å². The van der Waals surface area contributed by atoms with Gasteiger partial charge >= 0.3 is 6.09 Å². The van der Waals surface area contributed by atoms with Crippen LogP contribution < -0.4 is 4.90 Å². The summed E-state index contributed by atoms with van der Waals surface area (Å²) in [5.74, 6) is 0.413. The van der Waals surface area contributed by atoms with E-state index in [4.69, 9.17) is 4.74 Å². The summed E-state index contributed by atoms with van der Waals surface area (Å²) in [6.07, 6.45) is 1.77. The zero-order chi connectivity index (χ0) is 16.8. The van der Waals surface area contributed by atoms with E-state index < -0.39 is 5.60 Å². The van der Waals surface area contributed by atoms with Gasteiger partial charge in [-0.3, -0.25) is 14.6 Å². The quantitative estimate of drug-likeness (QED) is 0.696. The Balaban J connectivity index is 1.74. The van der Waals surface area contributed by atoms with Gasteiger partial charge in [0.1, 0.15) is 5.60 Å². The fourth-order valence-corrected chi connectivity index (χ4v) is 3.15. The van der Waals surface area contributed by atoms with Crippen molar-refractivity contribution in [1.29, 1.82) is 0 Å². The summed E-state index contributed by atoms with van der Waals surface area (Å²) < 4.78 is 5.38. The average Bonchev–Trinajstić information content (AvgIpc) is 2.99. The summed E-state index contributed by atoms with van der Waals surface area (Å²) in [6, 6.07) is 0. The van der Waals surface area contributed by atoms with Crippen LogP contribution >= 0.6 is 15.9 Å². The Hall–Kier alpha value is -1.70. The fraction of sp³-hybridized carbons (Fsp3) is 0.600. The largest absolute Gasteiger partial charge is 0.444 e. The number of hydrogen-bond donors (Lipinski definition) is 0. The van der Waals surface area contributed by atoms with Crippen molar-refractivity contribution in [3.8, 4) is 0 Å². The fourth-order valence-electron chi connectivity index (χ4n) is 2.59. The zero-order valence-electron chi connectivity index (χ0n) is 13.4. The van der Waals surface area contributed by atoms with Gasteiger partial charge in [0.15, 0.2) is 0 Å². The molecule has 3 rings (SSSR count). The van der Waals surface area contributed by atoms with Crippen molar-refractivity contribution >= 4 is 33.9 Å². The number of alkyl halides is 1. The molecule has 8 heteroatoms. The summed E-state index contributed by atoms with van der Waals surface area (Å²) in [6.45, 7) is 6.87. The third kappa shape index (κ3) is 3.46. The molecule has 1 unspecified atom stereocenters. The molecule has 3 heterocycles. The van der Waals surface area contributed by atoms with E-state index in [9.17, 15) is 9.59 Å². The van der Waals surface area contributed by atoms with E-state index in [1.165, 1.54) is 0 Å². The van der Waals surface area contributed by atoms with E-state index in [0.29, 0.717) is 32.0 Å². The van der Waals surface area contributed by atoms with Crippen LogP contribution in [0, 0.1) is 0 Å². The van der Waals surface area contributed by atoms with E-state index in [1.807, 2.05) is 20.8 Å². The lowest BCUT2D eigenvalue weighted by Crippen LogP contribution is -2.33. The van der Waals surface area contributed by atoms with Crippen LogP contribution in [0.25, 0.3) is 0 Å². The second-order valence-electron chi connectivity index (χ2n) is 6.78. The van der Waals surface area contributed by atoms with Gasteiger partial charge in [0.25, 0.3) is 0 Å². The number of halogens is 1. The maximum absolute atomic E-state index is 12.2. The first-order valence-corrected chi connectivity index (χ1v) is 8.41. The lowest BCUT2D eigenvalue weighted by molar-refractivity contribution is -0.117. The van der Waals surface area contributed by atoms with Crippen LogP contribution in [0.4, 0.5) is 10.7 Å². The highest BCUT2D eigenvalue weighted by Gasteiger charge is 2.33. The molecule has 0 aromatic carbocycles. The first-order valence-electron chi connectivity index (χ1n) is 7.50. The molecule has 2 amide bonds. The van der Waals surface area contributed by atoms with Crippen molar-refractivity contribution in [3.63, 3.8) is 0 Å². The number of carbonyl (C=O) groups excluding carboxylic acids is 2. The number of anilines is 1. The van der Waals surface area contributed by atoms with E-state index >= 15 is 0 Å². The first kappa shape index (κ1) is 16.2. The maximum Gasteiger partial charge on any atom is 0.410 e. The molecule has 124 valence electrons. The van der Waals surface area contributed by atoms with Crippen molar-refractivity contribution < 1.29 is 14.3 Å². The molecule has 1 aromatic rings. The molecule has 0 saturated carbocycles. The summed E-state index contributed by atoms with van der Waals surface area (Å²) >= 11 is 3.45. The summed E-state index contributed by atoms with van der Waals surface area (Å²) in [7, 11) is 0. The molecule has 0 N–H and O–H groups in total. The summed E-state index contributed by atoms with van der Waals surface area (Å²) in [5.41, 5.74) is 1.13. The summed E-state index contributed by atoms with van der Waals surface area (Å²) in [5, 5.41) is 0. The molecule has 0 spiro atoms. The minimum absolute atomic E-state index is 0.00817. The smallest absolute Gasteiger partial charge is 0.410 e. The van der Waals surface area contributed by atoms with Crippen LogP contribution in [0.15, 0.2) is 6.20 Å². The number of nitrogens with zero attached hydrogens (tertiary/aromatic N) is 4. The minimum Gasteiger partial charge on any atom is -0.444 e. The highest BCUT2D eigenvalue weighted by Crippen LogP contribution is 2.27. The Kier molecular flexibility index (Phi) is 4.03. The van der Waals surface area contributed by atoms with Crippen LogP contribution in [0.1, 0.15) is 38.4 Å². The van der Waals surface area contributed by atoms with Gasteiger partial charge in [0, 0.05) is 29.6 Å². The molecule has 0 bridgehead atoms. The Bertz CT molecular complexity index is 659. The number of rotatable bonds is 1. The van der Waals surface area contributed by atoms with Crippen LogP contribution in [0.5, 0.6) is 0 Å². The Morgan fingerprint density at radius 3 is 2.74 bits per heavy atom. The van der Waals surface area contributed by atoms with E-state index in [2.05, 4.69) is 25.9 Å². The molecule has 1 saturated heterocycles. The normalized spacial score (nSPS) is 20.9. The van der Waals surface area contributed by atoms with Crippen molar-refractivity contribution in [2.75, 3.05) is 11.4 Å². The molecule has 23 heavy (non-hydrogen) atoms. The molecule has 1 fully saturated rings. The second kappa shape index (κ2) is 5.74. The van der Waals surface area contributed by atoms with Crippen LogP contribution in [-0.4, -0.2) is 43.8 Å². The first-order chi connectivity index (χ1) is 10.7. The molecule has 7 nitrogen and oxygen atoms in total. The number of fused-ring (bicyclic) bond motifs is 1. The van der Waals surface area contributed by atoms with Gasteiger partial charge in [-0.05, 0) is 20.8 Å². The Morgan fingerprint density at radius 2 is 2.13 bits per heavy atom. The van der Waals surface area contributed by atoms with Gasteiger partial charge < -0.3 is 4.74 Å². The molecule has 2 aliphatic rings. The molecule has 2 aliphatic heterocycles. The maximum atomic E-state index is 12.2. The van der Waals surface area contributed by atoms with Crippen molar-refractivity contribution in [3.05, 3.63) is 17.5 Å². The minimum atomic E-state index is -0.532. The monoisotopic (exact) mass is 382 g/mol. The average molecular weight is 383 g/mol. The van der Waals surface area contributed by atoms with Gasteiger partial charge in [-0.1, -0.05) is 15.9 Å². The summed E-state index contributed by atoms with van der Waals surface area (Å²) in [4.78, 5) is 36.1. The predicted octanol–water partition coefficient (Wildman–Crippen LogP) is 2.23. The lowest BCUT2D eigenvalue weighted by atomic mass is 10.2. The van der Waals surface area contributed by atoms with Gasteiger partial charge in [-0.2, -0.15) is 0 Å². The van der Waals surface area contributed by atoms with Gasteiger partial charge in [0.05, 0.1) is 18.8 Å². The van der Waals surface area contributed by atoms with Crippen molar-refractivity contribution in [1.82, 2.24) is 14.9 Å². The van der Waals surface area contributed by atoms with E-state index in [1.54, 1.807) is 16.0 Å². The third-order valence-corrected chi connectivity index (χ3v) is 4.23. The Morgan fingerprint density at radius 1 is 1.39 bits per heavy atom. The Labute approximate surface area is 143 Å². The molecule has 1 aromatic heterocycles. The number of ether oxygens (including phenoxy) is 1. The van der Waals surface area contributed by atoms with E-state index in [0.717, 1.165) is 11.3 Å². The second-order valence-corrected chi connectivity index (χ2v) is 8.08. The van der Waals surface area contributed by atoms with E-state index in [-0.39, 0.29) is 16.8 Å². The molecular weight excluding hydrogens is 364 g/mol. The van der Waals surface area contributed by atoms with Gasteiger partial charge in [-0.15, -0.1) is 0 Å². The number of carbonyl (C=O) groups is 2. The molecule has 0 radical (unpaired) electrons. The highest BCUT2D eigenvalue weighted by atomic mass is 79.9. The molecule has 0 aliphatic carbocycles.